The van der Waals surface area contributed by atoms with Crippen LogP contribution in [-0.4, -0.2) is 32.8 Å². The molecule has 0 spiro atoms. The molecular weight excluding hydrogens is 264 g/mol. The second kappa shape index (κ2) is 5.79. The van der Waals surface area contributed by atoms with E-state index in [1.54, 1.807) is 7.11 Å². The van der Waals surface area contributed by atoms with Gasteiger partial charge in [-0.25, -0.2) is 4.79 Å². The van der Waals surface area contributed by atoms with Crippen molar-refractivity contribution in [1.29, 1.82) is 0 Å². The smallest absolute Gasteiger partial charge is 0.350 e. The largest absolute Gasteiger partial charge is 0.465 e. The van der Waals surface area contributed by atoms with Crippen molar-refractivity contribution in [3.05, 3.63) is 10.4 Å². The molecule has 6 heteroatoms. The van der Waals surface area contributed by atoms with Crippen LogP contribution in [-0.2, 0) is 9.47 Å². The molecule has 19 heavy (non-hydrogen) atoms. The number of esters is 1. The second-order valence-electron chi connectivity index (χ2n) is 4.85. The number of thiophene rings is 1. The Morgan fingerprint density at radius 1 is 1.53 bits per heavy atom. The van der Waals surface area contributed by atoms with Crippen molar-refractivity contribution in [2.24, 2.45) is 0 Å². The molecule has 0 saturated heterocycles. The van der Waals surface area contributed by atoms with Crippen molar-refractivity contribution in [1.82, 2.24) is 0 Å². The monoisotopic (exact) mass is 284 g/mol. The third-order valence-corrected chi connectivity index (χ3v) is 4.27. The third kappa shape index (κ3) is 3.01. The van der Waals surface area contributed by atoms with E-state index in [9.17, 15) is 4.79 Å². The zero-order valence-corrected chi connectivity index (χ0v) is 12.3. The molecule has 0 aliphatic heterocycles. The van der Waals surface area contributed by atoms with Crippen LogP contribution >= 0.6 is 11.3 Å². The summed E-state index contributed by atoms with van der Waals surface area (Å²) in [7, 11) is 3.04. The number of methoxy groups -OCH3 is 2. The molecule has 1 fully saturated rings. The summed E-state index contributed by atoms with van der Waals surface area (Å²) in [6.07, 6.45) is 2.27. The molecular formula is C13H20N2O3S. The molecule has 1 aromatic rings. The summed E-state index contributed by atoms with van der Waals surface area (Å²) in [4.78, 5) is 12.2. The van der Waals surface area contributed by atoms with Crippen molar-refractivity contribution in [3.63, 3.8) is 0 Å². The number of nitrogens with two attached hydrogens (primary N) is 1. The number of hydrogen-bond acceptors (Lipinski definition) is 6. The number of carbonyl (C=O) groups is 1. The highest BCUT2D eigenvalue weighted by Gasteiger charge is 2.33. The molecule has 1 aliphatic rings. The van der Waals surface area contributed by atoms with Crippen LogP contribution in [0.3, 0.4) is 0 Å². The van der Waals surface area contributed by atoms with E-state index >= 15 is 0 Å². The summed E-state index contributed by atoms with van der Waals surface area (Å²) in [6, 6.07) is 0.172. The molecule has 0 bridgehead atoms. The zero-order chi connectivity index (χ0) is 14.0. The summed E-state index contributed by atoms with van der Waals surface area (Å²) in [5.74, 6) is 0.115. The van der Waals surface area contributed by atoms with Gasteiger partial charge in [0, 0.05) is 18.7 Å². The first-order chi connectivity index (χ1) is 9.08. The van der Waals surface area contributed by atoms with E-state index < -0.39 is 0 Å². The van der Waals surface area contributed by atoms with Gasteiger partial charge in [0.2, 0.25) is 0 Å². The number of rotatable bonds is 6. The van der Waals surface area contributed by atoms with Gasteiger partial charge in [0.05, 0.1) is 24.4 Å². The lowest BCUT2D eigenvalue weighted by atomic mass is 10.1. The van der Waals surface area contributed by atoms with Crippen molar-refractivity contribution in [3.8, 4) is 0 Å². The molecule has 3 N–H and O–H groups in total. The van der Waals surface area contributed by atoms with Crippen molar-refractivity contribution >= 4 is 28.0 Å². The average Bonchev–Trinajstić information content (AvgIpc) is 3.15. The lowest BCUT2D eigenvalue weighted by Gasteiger charge is -2.14. The van der Waals surface area contributed by atoms with Gasteiger partial charge in [-0.15, -0.1) is 11.3 Å². The molecule has 0 aromatic carbocycles. The number of nitrogens with one attached hydrogen (secondary N) is 1. The van der Waals surface area contributed by atoms with E-state index in [4.69, 9.17) is 15.2 Å². The summed E-state index contributed by atoms with van der Waals surface area (Å²) < 4.78 is 9.89. The molecule has 0 amide bonds. The van der Waals surface area contributed by atoms with Crippen molar-refractivity contribution < 1.29 is 14.3 Å². The van der Waals surface area contributed by atoms with Crippen LogP contribution in [0.4, 0.5) is 10.7 Å². The van der Waals surface area contributed by atoms with E-state index in [0.717, 1.165) is 23.4 Å². The summed E-state index contributed by atoms with van der Waals surface area (Å²) in [5, 5.41) is 4.36. The van der Waals surface area contributed by atoms with Crippen molar-refractivity contribution in [2.75, 3.05) is 31.9 Å². The van der Waals surface area contributed by atoms with Crippen LogP contribution in [0.5, 0.6) is 0 Å². The maximum absolute atomic E-state index is 11.7. The quantitative estimate of drug-likeness (QED) is 0.785. The molecule has 1 saturated carbocycles. The minimum absolute atomic E-state index is 0.172. The fourth-order valence-corrected chi connectivity index (χ4v) is 3.34. The highest BCUT2D eigenvalue weighted by Crippen LogP contribution is 2.51. The summed E-state index contributed by atoms with van der Waals surface area (Å²) >= 11 is 1.38. The second-order valence-corrected chi connectivity index (χ2v) is 5.87. The Labute approximate surface area is 117 Å². The topological polar surface area (TPSA) is 73.6 Å². The van der Waals surface area contributed by atoms with E-state index in [1.807, 2.05) is 6.92 Å². The molecule has 1 aliphatic carbocycles. The SMILES string of the molecule is COCC(C)Nc1sc(C(=O)OC)c(N)c1C1CC1. The third-order valence-electron chi connectivity index (χ3n) is 3.13. The number of ether oxygens (including phenoxy) is 2. The summed E-state index contributed by atoms with van der Waals surface area (Å²) in [6.45, 7) is 2.64. The van der Waals surface area contributed by atoms with Gasteiger partial charge in [-0.2, -0.15) is 0 Å². The minimum atomic E-state index is -0.364. The van der Waals surface area contributed by atoms with Gasteiger partial charge in [-0.05, 0) is 25.7 Å². The van der Waals surface area contributed by atoms with E-state index in [1.165, 1.54) is 18.4 Å². The predicted octanol–water partition coefficient (Wildman–Crippen LogP) is 2.44. The maximum atomic E-state index is 11.7. The molecule has 5 nitrogen and oxygen atoms in total. The van der Waals surface area contributed by atoms with Gasteiger partial charge in [0.1, 0.15) is 4.88 Å². The van der Waals surface area contributed by atoms with Crippen molar-refractivity contribution in [2.45, 2.75) is 31.7 Å². The van der Waals surface area contributed by atoms with Gasteiger partial charge in [0.25, 0.3) is 0 Å². The van der Waals surface area contributed by atoms with Gasteiger partial charge >= 0.3 is 5.97 Å². The first-order valence-electron chi connectivity index (χ1n) is 6.34. The predicted molar refractivity (Wildman–Crippen MR) is 77.0 cm³/mol. The highest BCUT2D eigenvalue weighted by atomic mass is 32.1. The normalized spacial score (nSPS) is 16.2. The van der Waals surface area contributed by atoms with E-state index in [0.29, 0.717) is 23.1 Å². The Balaban J connectivity index is 2.28. The zero-order valence-electron chi connectivity index (χ0n) is 11.5. The Bertz CT molecular complexity index is 469. The van der Waals surface area contributed by atoms with E-state index in [-0.39, 0.29) is 12.0 Å². The number of hydrogen-bond donors (Lipinski definition) is 2. The fraction of sp³-hybridized carbons (Fsp3) is 0.615. The molecule has 0 radical (unpaired) electrons. The van der Waals surface area contributed by atoms with Crippen LogP contribution in [0, 0.1) is 0 Å². The Hall–Kier alpha value is -1.27. The van der Waals surface area contributed by atoms with Crippen LogP contribution in [0.15, 0.2) is 0 Å². The van der Waals surface area contributed by atoms with Crippen LogP contribution < -0.4 is 11.1 Å². The highest BCUT2D eigenvalue weighted by molar-refractivity contribution is 7.18. The first kappa shape index (κ1) is 14.1. The summed E-state index contributed by atoms with van der Waals surface area (Å²) in [5.41, 5.74) is 7.76. The maximum Gasteiger partial charge on any atom is 0.350 e. The van der Waals surface area contributed by atoms with Gasteiger partial charge in [-0.1, -0.05) is 0 Å². The first-order valence-corrected chi connectivity index (χ1v) is 7.16. The molecule has 1 atom stereocenters. The standard InChI is InChI=1S/C13H20N2O3S/c1-7(6-17-2)15-12-9(8-4-5-8)10(14)11(19-12)13(16)18-3/h7-8,15H,4-6,14H2,1-3H3. The van der Waals surface area contributed by atoms with E-state index in [2.05, 4.69) is 5.32 Å². The van der Waals surface area contributed by atoms with Gasteiger partial charge in [-0.3, -0.25) is 0 Å². The lowest BCUT2D eigenvalue weighted by molar-refractivity contribution is 0.0607. The average molecular weight is 284 g/mol. The van der Waals surface area contributed by atoms with Gasteiger partial charge < -0.3 is 20.5 Å². The number of anilines is 2. The molecule has 1 aromatic heterocycles. The lowest BCUT2D eigenvalue weighted by Crippen LogP contribution is -2.20. The van der Waals surface area contributed by atoms with Gasteiger partial charge in [0.15, 0.2) is 0 Å². The minimum Gasteiger partial charge on any atom is -0.465 e. The Kier molecular flexibility index (Phi) is 4.31. The van der Waals surface area contributed by atoms with Crippen LogP contribution in [0.25, 0.3) is 0 Å². The van der Waals surface area contributed by atoms with Crippen LogP contribution in [0.1, 0.15) is 40.9 Å². The Morgan fingerprint density at radius 2 is 2.21 bits per heavy atom. The van der Waals surface area contributed by atoms with Crippen LogP contribution in [0.2, 0.25) is 0 Å². The molecule has 1 unspecified atom stereocenters. The Morgan fingerprint density at radius 3 is 2.74 bits per heavy atom. The number of nitrogen functional groups attached to an aromatic ring is 1. The molecule has 1 heterocycles. The molecule has 106 valence electrons. The number of carbonyl (C=O) groups excluding carboxylic acids is 1. The fourth-order valence-electron chi connectivity index (χ4n) is 2.10. The molecule has 2 rings (SSSR count).